The summed E-state index contributed by atoms with van der Waals surface area (Å²) in [4.78, 5) is -1.18. The standard InChI is InChI=1S/C9H11F3N2O2S/c10-6-4-7(11)9(8(12)5-6)17(15,16)14-3-1-2-13/h4-5,14H,1-3,13H2. The highest BCUT2D eigenvalue weighted by Gasteiger charge is 2.24. The molecule has 0 aliphatic rings. The van der Waals surface area contributed by atoms with Crippen molar-refractivity contribution in [1.82, 2.24) is 4.72 Å². The van der Waals surface area contributed by atoms with Crippen LogP contribution < -0.4 is 10.5 Å². The summed E-state index contributed by atoms with van der Waals surface area (Å²) < 4.78 is 64.0. The summed E-state index contributed by atoms with van der Waals surface area (Å²) in [5.41, 5.74) is 5.14. The molecule has 1 aromatic rings. The van der Waals surface area contributed by atoms with Gasteiger partial charge < -0.3 is 5.73 Å². The summed E-state index contributed by atoms with van der Waals surface area (Å²) in [5.74, 6) is -4.12. The highest BCUT2D eigenvalue weighted by molar-refractivity contribution is 7.89. The summed E-state index contributed by atoms with van der Waals surface area (Å²) in [5, 5.41) is 0. The number of hydrogen-bond acceptors (Lipinski definition) is 3. The molecule has 0 atom stereocenters. The smallest absolute Gasteiger partial charge is 0.246 e. The third-order valence-electron chi connectivity index (χ3n) is 1.90. The van der Waals surface area contributed by atoms with E-state index in [0.29, 0.717) is 18.6 Å². The minimum atomic E-state index is -4.33. The quantitative estimate of drug-likeness (QED) is 0.773. The number of nitrogens with one attached hydrogen (secondary N) is 1. The minimum absolute atomic E-state index is 0.0465. The zero-order valence-corrected chi connectivity index (χ0v) is 9.53. The van der Waals surface area contributed by atoms with E-state index >= 15 is 0 Å². The van der Waals surface area contributed by atoms with E-state index in [1.54, 1.807) is 0 Å². The van der Waals surface area contributed by atoms with Crippen molar-refractivity contribution in [2.24, 2.45) is 5.73 Å². The maximum Gasteiger partial charge on any atom is 0.246 e. The summed E-state index contributed by atoms with van der Waals surface area (Å²) in [7, 11) is -4.33. The van der Waals surface area contributed by atoms with Crippen LogP contribution >= 0.6 is 0 Å². The number of sulfonamides is 1. The van der Waals surface area contributed by atoms with Gasteiger partial charge in [-0.1, -0.05) is 0 Å². The fraction of sp³-hybridized carbons (Fsp3) is 0.333. The first kappa shape index (κ1) is 13.9. The Morgan fingerprint density at radius 2 is 1.71 bits per heavy atom. The molecule has 0 unspecified atom stereocenters. The summed E-state index contributed by atoms with van der Waals surface area (Å²) in [6.07, 6.45) is 0.323. The fourth-order valence-electron chi connectivity index (χ4n) is 1.17. The van der Waals surface area contributed by atoms with Crippen LogP contribution in [-0.4, -0.2) is 21.5 Å². The van der Waals surface area contributed by atoms with Gasteiger partial charge in [-0.3, -0.25) is 0 Å². The van der Waals surface area contributed by atoms with Gasteiger partial charge in [0.1, 0.15) is 17.5 Å². The molecule has 0 bridgehead atoms. The molecule has 0 saturated heterocycles. The third-order valence-corrected chi connectivity index (χ3v) is 3.42. The maximum absolute atomic E-state index is 13.2. The van der Waals surface area contributed by atoms with Crippen LogP contribution in [0.2, 0.25) is 0 Å². The number of benzene rings is 1. The predicted molar refractivity (Wildman–Crippen MR) is 55.2 cm³/mol. The van der Waals surface area contributed by atoms with Crippen molar-refractivity contribution < 1.29 is 21.6 Å². The molecule has 96 valence electrons. The number of rotatable bonds is 5. The lowest BCUT2D eigenvalue weighted by molar-refractivity contribution is 0.493. The molecule has 0 aliphatic heterocycles. The van der Waals surface area contributed by atoms with Crippen LogP contribution in [0.1, 0.15) is 6.42 Å². The van der Waals surface area contributed by atoms with Gasteiger partial charge in [-0.2, -0.15) is 0 Å². The molecule has 0 amide bonds. The molecule has 0 radical (unpaired) electrons. The summed E-state index contributed by atoms with van der Waals surface area (Å²) in [6.45, 7) is 0.186. The first-order valence-corrected chi connectivity index (χ1v) is 6.21. The second kappa shape index (κ2) is 5.48. The molecule has 4 nitrogen and oxygen atoms in total. The van der Waals surface area contributed by atoms with Gasteiger partial charge in [0.2, 0.25) is 10.0 Å². The Hall–Kier alpha value is -1.12. The second-order valence-electron chi connectivity index (χ2n) is 3.24. The lowest BCUT2D eigenvalue weighted by Crippen LogP contribution is -2.28. The van der Waals surface area contributed by atoms with Crippen LogP contribution in [0.5, 0.6) is 0 Å². The number of halogens is 3. The highest BCUT2D eigenvalue weighted by atomic mass is 32.2. The highest BCUT2D eigenvalue weighted by Crippen LogP contribution is 2.19. The lowest BCUT2D eigenvalue weighted by atomic mass is 10.3. The summed E-state index contributed by atoms with van der Waals surface area (Å²) in [6, 6.07) is 0.612. The summed E-state index contributed by atoms with van der Waals surface area (Å²) >= 11 is 0. The van der Waals surface area contributed by atoms with Gasteiger partial charge in [0.25, 0.3) is 0 Å². The Balaban J connectivity index is 3.07. The van der Waals surface area contributed by atoms with Crippen LogP contribution in [0.3, 0.4) is 0 Å². The zero-order valence-electron chi connectivity index (χ0n) is 8.71. The molecule has 1 rings (SSSR count). The lowest BCUT2D eigenvalue weighted by Gasteiger charge is -2.08. The number of nitrogens with two attached hydrogens (primary N) is 1. The molecular formula is C9H11F3N2O2S. The molecule has 0 saturated carbocycles. The van der Waals surface area contributed by atoms with Gasteiger partial charge in [-0.25, -0.2) is 26.3 Å². The van der Waals surface area contributed by atoms with Gasteiger partial charge in [0.15, 0.2) is 4.90 Å². The Morgan fingerprint density at radius 1 is 1.18 bits per heavy atom. The van der Waals surface area contributed by atoms with Crippen molar-refractivity contribution in [3.63, 3.8) is 0 Å². The van der Waals surface area contributed by atoms with Gasteiger partial charge in [-0.15, -0.1) is 0 Å². The van der Waals surface area contributed by atoms with Crippen molar-refractivity contribution >= 4 is 10.0 Å². The maximum atomic E-state index is 13.2. The third kappa shape index (κ3) is 3.42. The predicted octanol–water partition coefficient (Wildman–Crippen LogP) is 0.731. The van der Waals surface area contributed by atoms with Gasteiger partial charge in [0.05, 0.1) is 0 Å². The van der Waals surface area contributed by atoms with E-state index in [9.17, 15) is 21.6 Å². The molecule has 0 aromatic heterocycles. The van der Waals surface area contributed by atoms with Crippen molar-refractivity contribution in [1.29, 1.82) is 0 Å². The average Bonchev–Trinajstić information content (AvgIpc) is 2.15. The van der Waals surface area contributed by atoms with E-state index in [2.05, 4.69) is 0 Å². The van der Waals surface area contributed by atoms with Crippen LogP contribution in [0.4, 0.5) is 13.2 Å². The van der Waals surface area contributed by atoms with E-state index in [4.69, 9.17) is 5.73 Å². The molecule has 0 spiro atoms. The van der Waals surface area contributed by atoms with Crippen LogP contribution in [0, 0.1) is 17.5 Å². The van der Waals surface area contributed by atoms with E-state index in [1.165, 1.54) is 0 Å². The molecule has 0 aliphatic carbocycles. The van der Waals surface area contributed by atoms with Crippen molar-refractivity contribution in [2.45, 2.75) is 11.3 Å². The fourth-order valence-corrected chi connectivity index (χ4v) is 2.36. The van der Waals surface area contributed by atoms with E-state index in [-0.39, 0.29) is 13.1 Å². The average molecular weight is 268 g/mol. The van der Waals surface area contributed by atoms with Crippen molar-refractivity contribution in [3.05, 3.63) is 29.6 Å². The first-order valence-electron chi connectivity index (χ1n) is 4.73. The van der Waals surface area contributed by atoms with Crippen LogP contribution in [0.25, 0.3) is 0 Å². The molecule has 17 heavy (non-hydrogen) atoms. The van der Waals surface area contributed by atoms with E-state index in [0.717, 1.165) is 0 Å². The monoisotopic (exact) mass is 268 g/mol. The molecule has 0 heterocycles. The van der Waals surface area contributed by atoms with Crippen LogP contribution in [0.15, 0.2) is 17.0 Å². The Labute approximate surface area is 96.7 Å². The van der Waals surface area contributed by atoms with Gasteiger partial charge in [-0.05, 0) is 13.0 Å². The zero-order chi connectivity index (χ0) is 13.1. The SMILES string of the molecule is NCCCNS(=O)(=O)c1c(F)cc(F)cc1F. The van der Waals surface area contributed by atoms with E-state index < -0.39 is 32.4 Å². The Bertz CT molecular complexity index is 482. The Kier molecular flexibility index (Phi) is 4.49. The molecule has 0 fully saturated rings. The minimum Gasteiger partial charge on any atom is -0.330 e. The molecular weight excluding hydrogens is 257 g/mol. The molecule has 3 N–H and O–H groups in total. The first-order chi connectivity index (χ1) is 7.88. The molecule has 1 aromatic carbocycles. The van der Waals surface area contributed by atoms with Gasteiger partial charge in [0, 0.05) is 18.7 Å². The van der Waals surface area contributed by atoms with E-state index in [1.807, 2.05) is 4.72 Å². The number of hydrogen-bond donors (Lipinski definition) is 2. The Morgan fingerprint density at radius 3 is 2.18 bits per heavy atom. The van der Waals surface area contributed by atoms with Crippen molar-refractivity contribution in [2.75, 3.05) is 13.1 Å². The second-order valence-corrected chi connectivity index (χ2v) is 4.94. The van der Waals surface area contributed by atoms with Crippen molar-refractivity contribution in [3.8, 4) is 0 Å². The normalized spacial score (nSPS) is 11.8. The molecule has 8 heteroatoms. The topological polar surface area (TPSA) is 72.2 Å². The van der Waals surface area contributed by atoms with Gasteiger partial charge >= 0.3 is 0 Å². The van der Waals surface area contributed by atoms with Crippen LogP contribution in [-0.2, 0) is 10.0 Å². The largest absolute Gasteiger partial charge is 0.330 e.